The molecular weight excluding hydrogens is 404 g/mol. The Labute approximate surface area is 179 Å². The van der Waals surface area contributed by atoms with Gasteiger partial charge in [-0.1, -0.05) is 18.5 Å². The van der Waals surface area contributed by atoms with Crippen molar-refractivity contribution in [2.75, 3.05) is 19.7 Å². The number of aryl methyl sites for hydroxylation is 1. The predicted octanol–water partition coefficient (Wildman–Crippen LogP) is 5.21. The molecule has 6 heteroatoms. The Kier molecular flexibility index (Phi) is 5.03. The van der Waals surface area contributed by atoms with Gasteiger partial charge in [0.15, 0.2) is 0 Å². The van der Waals surface area contributed by atoms with E-state index in [1.165, 1.54) is 0 Å². The van der Waals surface area contributed by atoms with E-state index in [2.05, 4.69) is 17.2 Å². The summed E-state index contributed by atoms with van der Waals surface area (Å²) in [4.78, 5) is 5.47. The van der Waals surface area contributed by atoms with Gasteiger partial charge in [-0.3, -0.25) is 4.98 Å². The van der Waals surface area contributed by atoms with Gasteiger partial charge in [0.2, 0.25) is 0 Å². The molecular formula is C23H25ClN2O2S. The Morgan fingerprint density at radius 2 is 2.07 bits per heavy atom. The lowest BCUT2D eigenvalue weighted by atomic mass is 10.0. The lowest BCUT2D eigenvalue weighted by molar-refractivity contribution is 0.177. The molecule has 29 heavy (non-hydrogen) atoms. The maximum atomic E-state index is 10.3. The van der Waals surface area contributed by atoms with Crippen LogP contribution in [0.15, 0.2) is 30.5 Å². The third-order valence-corrected chi connectivity index (χ3v) is 7.84. The number of hydrogen-bond acceptors (Lipinski definition) is 5. The van der Waals surface area contributed by atoms with Crippen molar-refractivity contribution in [1.82, 2.24) is 10.3 Å². The molecule has 3 aromatic rings. The largest absolute Gasteiger partial charge is 0.492 e. The summed E-state index contributed by atoms with van der Waals surface area (Å²) in [6, 6.07) is 7.97. The van der Waals surface area contributed by atoms with E-state index in [0.29, 0.717) is 17.4 Å². The number of hydrogen-bond donors (Lipinski definition) is 2. The molecule has 1 aliphatic carbocycles. The summed E-state index contributed by atoms with van der Waals surface area (Å²) in [6.07, 6.45) is 2.05. The van der Waals surface area contributed by atoms with Gasteiger partial charge in [-0.15, -0.1) is 11.3 Å². The van der Waals surface area contributed by atoms with E-state index >= 15 is 0 Å². The minimum Gasteiger partial charge on any atom is -0.492 e. The molecule has 4 nitrogen and oxygen atoms in total. The Bertz CT molecular complexity index is 1060. The van der Waals surface area contributed by atoms with Crippen LogP contribution < -0.4 is 10.1 Å². The Morgan fingerprint density at radius 3 is 2.83 bits per heavy atom. The highest BCUT2D eigenvalue weighted by Gasteiger charge is 2.53. The number of rotatable bonds is 6. The van der Waals surface area contributed by atoms with E-state index in [4.69, 9.17) is 16.3 Å². The minimum absolute atomic E-state index is 0.457. The summed E-state index contributed by atoms with van der Waals surface area (Å²) >= 11 is 8.04. The van der Waals surface area contributed by atoms with Crippen molar-refractivity contribution in [2.45, 2.75) is 26.4 Å². The molecule has 0 spiro atoms. The summed E-state index contributed by atoms with van der Waals surface area (Å²) < 4.78 is 7.47. The topological polar surface area (TPSA) is 54.4 Å². The fourth-order valence-corrected chi connectivity index (χ4v) is 6.11. The molecule has 3 heterocycles. The molecule has 1 saturated heterocycles. The highest BCUT2D eigenvalue weighted by Crippen LogP contribution is 2.49. The van der Waals surface area contributed by atoms with Gasteiger partial charge in [0.25, 0.3) is 0 Å². The first-order chi connectivity index (χ1) is 14.1. The SMILES string of the molecule is CCC(O)c1cc2nccc(-c3cc(Cl)cc(C)c3OCC3C4CNCC43)c2s1. The first-order valence-corrected chi connectivity index (χ1v) is 11.5. The van der Waals surface area contributed by atoms with Crippen molar-refractivity contribution in [3.8, 4) is 16.9 Å². The van der Waals surface area contributed by atoms with E-state index in [0.717, 1.165) is 69.1 Å². The molecule has 3 unspecified atom stereocenters. The maximum Gasteiger partial charge on any atom is 0.130 e. The quantitative estimate of drug-likeness (QED) is 0.565. The zero-order valence-electron chi connectivity index (χ0n) is 16.6. The monoisotopic (exact) mass is 428 g/mol. The Balaban J connectivity index is 1.54. The van der Waals surface area contributed by atoms with E-state index in [9.17, 15) is 5.11 Å². The van der Waals surface area contributed by atoms with Crippen LogP contribution in [0.25, 0.3) is 21.3 Å². The molecule has 0 radical (unpaired) electrons. The second kappa shape index (κ2) is 7.55. The fraction of sp³-hybridized carbons (Fsp3) is 0.435. The van der Waals surface area contributed by atoms with Crippen LogP contribution in [0.3, 0.4) is 0 Å². The van der Waals surface area contributed by atoms with E-state index in [-0.39, 0.29) is 0 Å². The molecule has 5 rings (SSSR count). The molecule has 1 aliphatic heterocycles. The van der Waals surface area contributed by atoms with Crippen molar-refractivity contribution in [3.05, 3.63) is 45.9 Å². The summed E-state index contributed by atoms with van der Waals surface area (Å²) in [7, 11) is 0. The normalized spacial score (nSPS) is 23.9. The number of aliphatic hydroxyl groups excluding tert-OH is 1. The summed E-state index contributed by atoms with van der Waals surface area (Å²) in [6.45, 7) is 7.03. The standard InChI is InChI=1S/C23H25ClN2O2S/c1-3-20(27)21-8-19-23(29-21)14(4-5-26-19)15-7-13(24)6-12(2)22(15)28-11-18-16-9-25-10-17(16)18/h4-8,16-18,20,25,27H,3,9-11H2,1-2H3. The summed E-state index contributed by atoms with van der Waals surface area (Å²) in [5.74, 6) is 3.11. The molecule has 1 saturated carbocycles. The van der Waals surface area contributed by atoms with E-state index in [1.54, 1.807) is 11.3 Å². The van der Waals surface area contributed by atoms with Crippen LogP contribution >= 0.6 is 22.9 Å². The molecule has 3 atom stereocenters. The zero-order chi connectivity index (χ0) is 20.1. The van der Waals surface area contributed by atoms with Gasteiger partial charge in [-0.2, -0.15) is 0 Å². The van der Waals surface area contributed by atoms with Crippen LogP contribution in [-0.4, -0.2) is 29.8 Å². The number of fused-ring (bicyclic) bond motifs is 2. The second-order valence-electron chi connectivity index (χ2n) is 8.21. The number of nitrogens with zero attached hydrogens (tertiary/aromatic N) is 1. The number of ether oxygens (including phenoxy) is 1. The van der Waals surface area contributed by atoms with Crippen LogP contribution in [0.5, 0.6) is 5.75 Å². The first-order valence-electron chi connectivity index (χ1n) is 10.3. The van der Waals surface area contributed by atoms with Crippen LogP contribution in [0.2, 0.25) is 5.02 Å². The van der Waals surface area contributed by atoms with Gasteiger partial charge in [0.1, 0.15) is 5.75 Å². The van der Waals surface area contributed by atoms with Crippen molar-refractivity contribution in [1.29, 1.82) is 0 Å². The molecule has 0 amide bonds. The highest BCUT2D eigenvalue weighted by molar-refractivity contribution is 7.19. The molecule has 0 bridgehead atoms. The van der Waals surface area contributed by atoms with Crippen molar-refractivity contribution in [2.24, 2.45) is 17.8 Å². The average molecular weight is 429 g/mol. The lowest BCUT2D eigenvalue weighted by Gasteiger charge is -2.16. The Hall–Kier alpha value is -1.66. The average Bonchev–Trinajstić information content (AvgIpc) is 3.06. The summed E-state index contributed by atoms with van der Waals surface area (Å²) in [5, 5.41) is 14.4. The number of pyridine rings is 1. The van der Waals surface area contributed by atoms with Gasteiger partial charge >= 0.3 is 0 Å². The van der Waals surface area contributed by atoms with Gasteiger partial charge in [-0.25, -0.2) is 0 Å². The van der Waals surface area contributed by atoms with Crippen LogP contribution in [0, 0.1) is 24.7 Å². The second-order valence-corrected chi connectivity index (χ2v) is 9.73. The molecule has 2 fully saturated rings. The van der Waals surface area contributed by atoms with Crippen LogP contribution in [0.1, 0.15) is 29.9 Å². The summed E-state index contributed by atoms with van der Waals surface area (Å²) in [5.41, 5.74) is 4.02. The number of piperidine rings is 1. The minimum atomic E-state index is -0.457. The van der Waals surface area contributed by atoms with Gasteiger partial charge < -0.3 is 15.2 Å². The number of nitrogens with one attached hydrogen (secondary N) is 1. The molecule has 2 aliphatic rings. The number of thiophene rings is 1. The molecule has 152 valence electrons. The van der Waals surface area contributed by atoms with E-state index in [1.807, 2.05) is 37.4 Å². The van der Waals surface area contributed by atoms with Crippen molar-refractivity contribution in [3.63, 3.8) is 0 Å². The van der Waals surface area contributed by atoms with Crippen molar-refractivity contribution < 1.29 is 9.84 Å². The molecule has 2 aromatic heterocycles. The Morgan fingerprint density at radius 1 is 1.28 bits per heavy atom. The number of benzene rings is 1. The third-order valence-electron chi connectivity index (χ3n) is 6.36. The smallest absolute Gasteiger partial charge is 0.130 e. The van der Waals surface area contributed by atoms with Crippen molar-refractivity contribution >= 4 is 33.2 Å². The number of aromatic nitrogens is 1. The number of halogens is 1. The molecule has 2 N–H and O–H groups in total. The van der Waals surface area contributed by atoms with Crippen LogP contribution in [0.4, 0.5) is 0 Å². The number of aliphatic hydroxyl groups is 1. The van der Waals surface area contributed by atoms with Gasteiger partial charge in [-0.05, 0) is 68.1 Å². The van der Waals surface area contributed by atoms with Gasteiger partial charge in [0, 0.05) is 33.1 Å². The maximum absolute atomic E-state index is 10.3. The van der Waals surface area contributed by atoms with E-state index < -0.39 is 6.10 Å². The van der Waals surface area contributed by atoms with Crippen LogP contribution in [-0.2, 0) is 0 Å². The predicted molar refractivity (Wildman–Crippen MR) is 119 cm³/mol. The van der Waals surface area contributed by atoms with Gasteiger partial charge in [0.05, 0.1) is 22.9 Å². The highest BCUT2D eigenvalue weighted by atomic mass is 35.5. The molecule has 1 aromatic carbocycles. The lowest BCUT2D eigenvalue weighted by Crippen LogP contribution is -2.18. The first kappa shape index (κ1) is 19.3. The third kappa shape index (κ3) is 3.44. The fourth-order valence-electron chi connectivity index (χ4n) is 4.63. The zero-order valence-corrected chi connectivity index (χ0v) is 18.2.